The van der Waals surface area contributed by atoms with Gasteiger partial charge in [-0.1, -0.05) is 6.92 Å². The molecule has 0 aromatic rings. The summed E-state index contributed by atoms with van der Waals surface area (Å²) in [5, 5.41) is 14.4. The molecule has 7 heteroatoms. The maximum atomic E-state index is 11.9. The molecule has 1 aliphatic rings. The van der Waals surface area contributed by atoms with Crippen molar-refractivity contribution in [3.05, 3.63) is 0 Å². The molecule has 2 amide bonds. The molecule has 1 heterocycles. The summed E-state index contributed by atoms with van der Waals surface area (Å²) >= 11 is 0. The maximum absolute atomic E-state index is 11.9. The molecule has 1 aliphatic heterocycles. The maximum Gasteiger partial charge on any atom is 0.326 e. The van der Waals surface area contributed by atoms with Gasteiger partial charge in [0.25, 0.3) is 0 Å². The largest absolute Gasteiger partial charge is 0.480 e. The quantitative estimate of drug-likeness (QED) is 0.612. The minimum atomic E-state index is -1.04. The monoisotopic (exact) mass is 301 g/mol. The summed E-state index contributed by atoms with van der Waals surface area (Å²) in [6.07, 6.45) is 3.21. The first-order valence-electron chi connectivity index (χ1n) is 7.58. The van der Waals surface area contributed by atoms with Gasteiger partial charge in [-0.25, -0.2) is 9.59 Å². The van der Waals surface area contributed by atoms with Crippen molar-refractivity contribution in [3.8, 4) is 0 Å². The van der Waals surface area contributed by atoms with E-state index in [0.29, 0.717) is 6.61 Å². The zero-order valence-electron chi connectivity index (χ0n) is 12.9. The van der Waals surface area contributed by atoms with Gasteiger partial charge in [0.1, 0.15) is 6.04 Å². The molecular formula is C14H27N3O4. The van der Waals surface area contributed by atoms with Crippen molar-refractivity contribution in [2.45, 2.75) is 44.7 Å². The number of carbonyl (C=O) groups is 2. The smallest absolute Gasteiger partial charge is 0.326 e. The molecule has 122 valence electrons. The summed E-state index contributed by atoms with van der Waals surface area (Å²) in [6, 6.07) is -1.20. The van der Waals surface area contributed by atoms with Crippen molar-refractivity contribution in [1.29, 1.82) is 0 Å². The van der Waals surface area contributed by atoms with E-state index in [4.69, 9.17) is 9.84 Å². The number of aliphatic carboxylic acids is 1. The molecule has 7 nitrogen and oxygen atoms in total. The Morgan fingerprint density at radius 1 is 1.38 bits per heavy atom. The molecule has 1 atom stereocenters. The molecule has 1 unspecified atom stereocenters. The number of hydrogen-bond donors (Lipinski definition) is 3. The van der Waals surface area contributed by atoms with Crippen LogP contribution in [0, 0.1) is 0 Å². The van der Waals surface area contributed by atoms with Crippen LogP contribution in [0.1, 0.15) is 32.6 Å². The van der Waals surface area contributed by atoms with Crippen LogP contribution < -0.4 is 10.6 Å². The third-order valence-corrected chi connectivity index (χ3v) is 3.68. The molecule has 3 N–H and O–H groups in total. The van der Waals surface area contributed by atoms with E-state index in [2.05, 4.69) is 22.5 Å². The van der Waals surface area contributed by atoms with Crippen LogP contribution in [0.5, 0.6) is 0 Å². The Kier molecular flexibility index (Phi) is 8.07. The Morgan fingerprint density at radius 3 is 2.57 bits per heavy atom. The molecule has 1 rings (SSSR count). The predicted molar refractivity (Wildman–Crippen MR) is 79.3 cm³/mol. The zero-order valence-corrected chi connectivity index (χ0v) is 12.9. The third kappa shape index (κ3) is 6.77. The van der Waals surface area contributed by atoms with Crippen molar-refractivity contribution >= 4 is 12.0 Å². The van der Waals surface area contributed by atoms with Gasteiger partial charge in [-0.3, -0.25) is 0 Å². The van der Waals surface area contributed by atoms with Gasteiger partial charge in [-0.15, -0.1) is 0 Å². The van der Waals surface area contributed by atoms with Gasteiger partial charge >= 0.3 is 12.0 Å². The number of carboxylic acid groups (broad SMARTS) is 1. The van der Waals surface area contributed by atoms with Gasteiger partial charge in [0.15, 0.2) is 0 Å². The average molecular weight is 301 g/mol. The van der Waals surface area contributed by atoms with Crippen LogP contribution in [0.4, 0.5) is 4.79 Å². The fraction of sp³-hybridized carbons (Fsp3) is 0.857. The Labute approximate surface area is 126 Å². The van der Waals surface area contributed by atoms with Crippen LogP contribution in [0.25, 0.3) is 0 Å². The Balaban J connectivity index is 2.31. The number of nitrogens with zero attached hydrogens (tertiary/aromatic N) is 1. The van der Waals surface area contributed by atoms with Gasteiger partial charge in [-0.2, -0.15) is 0 Å². The number of ether oxygens (including phenoxy) is 1. The lowest BCUT2D eigenvalue weighted by atomic mass is 10.1. The summed E-state index contributed by atoms with van der Waals surface area (Å²) in [7, 11) is 1.50. The highest BCUT2D eigenvalue weighted by molar-refractivity contribution is 5.82. The van der Waals surface area contributed by atoms with Gasteiger partial charge in [0, 0.05) is 39.3 Å². The molecule has 1 fully saturated rings. The number of hydrogen-bond acceptors (Lipinski definition) is 4. The van der Waals surface area contributed by atoms with Crippen LogP contribution >= 0.6 is 0 Å². The molecule has 1 saturated heterocycles. The molecule has 0 aromatic heterocycles. The van der Waals surface area contributed by atoms with Crippen molar-refractivity contribution in [3.63, 3.8) is 0 Å². The minimum absolute atomic E-state index is 0.120. The fourth-order valence-corrected chi connectivity index (χ4v) is 2.50. The van der Waals surface area contributed by atoms with E-state index in [-0.39, 0.29) is 12.5 Å². The molecule has 0 aromatic carbocycles. The van der Waals surface area contributed by atoms with E-state index < -0.39 is 18.0 Å². The summed E-state index contributed by atoms with van der Waals surface area (Å²) in [4.78, 5) is 25.3. The lowest BCUT2D eigenvalue weighted by Gasteiger charge is -2.32. The first-order valence-corrected chi connectivity index (χ1v) is 7.58. The lowest BCUT2D eigenvalue weighted by Crippen LogP contribution is -2.52. The molecule has 0 aliphatic carbocycles. The topological polar surface area (TPSA) is 90.9 Å². The number of nitrogens with one attached hydrogen (secondary N) is 2. The molecule has 0 radical (unpaired) electrons. The first-order chi connectivity index (χ1) is 10.1. The Morgan fingerprint density at radius 2 is 2.05 bits per heavy atom. The Bertz CT molecular complexity index is 330. The fourth-order valence-electron chi connectivity index (χ4n) is 2.50. The number of amides is 2. The minimum Gasteiger partial charge on any atom is -0.480 e. The van der Waals surface area contributed by atoms with E-state index >= 15 is 0 Å². The van der Waals surface area contributed by atoms with Crippen LogP contribution in [-0.4, -0.2) is 67.4 Å². The van der Waals surface area contributed by atoms with E-state index in [0.717, 1.165) is 38.9 Å². The standard InChI is InChI=1S/C14H27N3O4/c1-3-7-17-8-4-11(5-9-17)15-14(20)16-12(13(18)19)6-10-21-2/h11-12H,3-10H2,1-2H3,(H,18,19)(H2,15,16,20). The molecule has 0 spiro atoms. The van der Waals surface area contributed by atoms with Crippen LogP contribution in [0.15, 0.2) is 0 Å². The summed E-state index contributed by atoms with van der Waals surface area (Å²) in [6.45, 7) is 5.50. The number of methoxy groups -OCH3 is 1. The second-order valence-electron chi connectivity index (χ2n) is 5.41. The van der Waals surface area contributed by atoms with Crippen molar-refractivity contribution in [2.24, 2.45) is 0 Å². The van der Waals surface area contributed by atoms with Gasteiger partial charge in [0.2, 0.25) is 0 Å². The van der Waals surface area contributed by atoms with Crippen molar-refractivity contribution in [1.82, 2.24) is 15.5 Å². The highest BCUT2D eigenvalue weighted by atomic mass is 16.5. The second kappa shape index (κ2) is 9.57. The number of carbonyl (C=O) groups excluding carboxylic acids is 1. The zero-order chi connectivity index (χ0) is 15.7. The first kappa shape index (κ1) is 17.7. The molecular weight excluding hydrogens is 274 g/mol. The van der Waals surface area contributed by atoms with E-state index in [1.54, 1.807) is 0 Å². The van der Waals surface area contributed by atoms with Crippen LogP contribution in [0.2, 0.25) is 0 Å². The van der Waals surface area contributed by atoms with E-state index in [1.807, 2.05) is 0 Å². The second-order valence-corrected chi connectivity index (χ2v) is 5.41. The number of urea groups is 1. The average Bonchev–Trinajstić information content (AvgIpc) is 2.45. The lowest BCUT2D eigenvalue weighted by molar-refractivity contribution is -0.139. The third-order valence-electron chi connectivity index (χ3n) is 3.68. The summed E-state index contributed by atoms with van der Waals surface area (Å²) in [5.74, 6) is -1.04. The molecule has 0 saturated carbocycles. The van der Waals surface area contributed by atoms with Gasteiger partial charge in [-0.05, 0) is 25.8 Å². The normalized spacial score (nSPS) is 18.2. The summed E-state index contributed by atoms with van der Waals surface area (Å²) < 4.78 is 4.85. The van der Waals surface area contributed by atoms with E-state index in [1.165, 1.54) is 7.11 Å². The van der Waals surface area contributed by atoms with Crippen molar-refractivity contribution in [2.75, 3.05) is 33.4 Å². The SMILES string of the molecule is CCCN1CCC(NC(=O)NC(CCOC)C(=O)O)CC1. The highest BCUT2D eigenvalue weighted by Gasteiger charge is 2.23. The number of piperidine rings is 1. The number of carboxylic acids is 1. The number of rotatable bonds is 8. The van der Waals surface area contributed by atoms with Gasteiger partial charge in [0.05, 0.1) is 0 Å². The van der Waals surface area contributed by atoms with Crippen LogP contribution in [0.3, 0.4) is 0 Å². The van der Waals surface area contributed by atoms with E-state index in [9.17, 15) is 9.59 Å². The Hall–Kier alpha value is -1.34. The molecule has 21 heavy (non-hydrogen) atoms. The molecule has 0 bridgehead atoms. The predicted octanol–water partition coefficient (Wildman–Crippen LogP) is 0.650. The van der Waals surface area contributed by atoms with Gasteiger partial charge < -0.3 is 25.4 Å². The van der Waals surface area contributed by atoms with Crippen LogP contribution in [-0.2, 0) is 9.53 Å². The highest BCUT2D eigenvalue weighted by Crippen LogP contribution is 2.10. The number of likely N-dealkylation sites (tertiary alicyclic amines) is 1. The van der Waals surface area contributed by atoms with Crippen molar-refractivity contribution < 1.29 is 19.4 Å². The summed E-state index contributed by atoms with van der Waals surface area (Å²) in [5.41, 5.74) is 0.